The maximum Gasteiger partial charge on any atom is 0.266 e. The minimum atomic E-state index is -0.103. The molecule has 3 N–H and O–H groups in total. The van der Waals surface area contributed by atoms with Crippen LogP contribution in [0.5, 0.6) is 0 Å². The Hall–Kier alpha value is -1.03. The Balaban J connectivity index is 3.10. The van der Waals surface area contributed by atoms with Gasteiger partial charge < -0.3 is 5.73 Å². The van der Waals surface area contributed by atoms with Crippen molar-refractivity contribution in [1.82, 2.24) is 9.78 Å². The van der Waals surface area contributed by atoms with Gasteiger partial charge in [-0.15, -0.1) is 0 Å². The van der Waals surface area contributed by atoms with Gasteiger partial charge in [-0.3, -0.25) is 14.6 Å². The van der Waals surface area contributed by atoms with Gasteiger partial charge >= 0.3 is 0 Å². The number of nitrogens with zero attached hydrogens (tertiary/aromatic N) is 1. The SMILES string of the molecule is CC(N)c1cc(=O)n(C)[nH]1. The van der Waals surface area contributed by atoms with Crippen LogP contribution in [0.4, 0.5) is 0 Å². The van der Waals surface area contributed by atoms with Crippen molar-refractivity contribution in [1.29, 1.82) is 0 Å². The third-order valence-electron chi connectivity index (χ3n) is 1.40. The normalized spacial score (nSPS) is 13.5. The average Bonchev–Trinajstić information content (AvgIpc) is 2.13. The lowest BCUT2D eigenvalue weighted by molar-refractivity contribution is 0.687. The highest BCUT2D eigenvalue weighted by Gasteiger charge is 2.02. The van der Waals surface area contributed by atoms with Crippen LogP contribution in [-0.2, 0) is 7.05 Å². The van der Waals surface area contributed by atoms with E-state index in [9.17, 15) is 4.79 Å². The van der Waals surface area contributed by atoms with E-state index in [0.29, 0.717) is 0 Å². The van der Waals surface area contributed by atoms with Crippen molar-refractivity contribution in [3.05, 3.63) is 22.1 Å². The summed E-state index contributed by atoms with van der Waals surface area (Å²) in [4.78, 5) is 10.8. The highest BCUT2D eigenvalue weighted by Crippen LogP contribution is 2.00. The zero-order valence-corrected chi connectivity index (χ0v) is 6.09. The van der Waals surface area contributed by atoms with Crippen LogP contribution in [0.1, 0.15) is 18.7 Å². The first-order valence-corrected chi connectivity index (χ1v) is 3.13. The summed E-state index contributed by atoms with van der Waals surface area (Å²) >= 11 is 0. The van der Waals surface area contributed by atoms with Gasteiger partial charge in [-0.05, 0) is 6.92 Å². The van der Waals surface area contributed by atoms with Crippen molar-refractivity contribution < 1.29 is 0 Å². The zero-order valence-electron chi connectivity index (χ0n) is 6.09. The molecule has 0 aliphatic rings. The van der Waals surface area contributed by atoms with E-state index >= 15 is 0 Å². The first-order valence-electron chi connectivity index (χ1n) is 3.13. The Labute approximate surface area is 58.6 Å². The predicted molar refractivity (Wildman–Crippen MR) is 38.6 cm³/mol. The van der Waals surface area contributed by atoms with Crippen LogP contribution in [0.3, 0.4) is 0 Å². The van der Waals surface area contributed by atoms with Gasteiger partial charge in [-0.1, -0.05) is 0 Å². The summed E-state index contributed by atoms with van der Waals surface area (Å²) in [6.45, 7) is 1.82. The first-order chi connectivity index (χ1) is 4.61. The molecule has 0 radical (unpaired) electrons. The number of aromatic nitrogens is 2. The Morgan fingerprint density at radius 1 is 1.80 bits per heavy atom. The molecular formula is C6H11N3O. The van der Waals surface area contributed by atoms with Crippen molar-refractivity contribution in [2.45, 2.75) is 13.0 Å². The monoisotopic (exact) mass is 141 g/mol. The molecule has 1 rings (SSSR count). The zero-order chi connectivity index (χ0) is 7.72. The number of hydrogen-bond acceptors (Lipinski definition) is 2. The van der Waals surface area contributed by atoms with Crippen molar-refractivity contribution in [2.75, 3.05) is 0 Å². The third-order valence-corrected chi connectivity index (χ3v) is 1.40. The molecular weight excluding hydrogens is 130 g/mol. The Morgan fingerprint density at radius 2 is 2.40 bits per heavy atom. The molecule has 1 heterocycles. The standard InChI is InChI=1S/C6H11N3O/c1-4(7)5-3-6(10)9(2)8-5/h3-4,8H,7H2,1-2H3. The lowest BCUT2D eigenvalue weighted by Gasteiger charge is -1.98. The molecule has 0 saturated carbocycles. The molecule has 1 aromatic rings. The second-order valence-electron chi connectivity index (χ2n) is 2.40. The highest BCUT2D eigenvalue weighted by molar-refractivity contribution is 5.03. The van der Waals surface area contributed by atoms with Gasteiger partial charge in [0.15, 0.2) is 0 Å². The van der Waals surface area contributed by atoms with Crippen LogP contribution in [0, 0.1) is 0 Å². The van der Waals surface area contributed by atoms with Gasteiger partial charge in [0.05, 0.1) is 5.69 Å². The molecule has 4 heteroatoms. The van der Waals surface area contributed by atoms with Crippen LogP contribution in [0.25, 0.3) is 0 Å². The number of nitrogens with one attached hydrogen (secondary N) is 1. The number of rotatable bonds is 1. The number of aromatic amines is 1. The number of hydrogen-bond donors (Lipinski definition) is 2. The Bertz CT molecular complexity index is 271. The second-order valence-corrected chi connectivity index (χ2v) is 2.40. The van der Waals surface area contributed by atoms with E-state index in [1.807, 2.05) is 6.92 Å². The predicted octanol–water partition coefficient (Wildman–Crippen LogP) is -0.267. The first kappa shape index (κ1) is 7.08. The summed E-state index contributed by atoms with van der Waals surface area (Å²) in [5.74, 6) is 0. The Kier molecular flexibility index (Phi) is 1.63. The number of aryl methyl sites for hydroxylation is 1. The molecule has 1 atom stereocenters. The molecule has 1 unspecified atom stereocenters. The van der Waals surface area contributed by atoms with E-state index in [0.717, 1.165) is 5.69 Å². The van der Waals surface area contributed by atoms with Crippen molar-refractivity contribution >= 4 is 0 Å². The van der Waals surface area contributed by atoms with Gasteiger partial charge in [-0.2, -0.15) is 0 Å². The lowest BCUT2D eigenvalue weighted by atomic mass is 10.3. The fourth-order valence-corrected chi connectivity index (χ4v) is 0.744. The van der Waals surface area contributed by atoms with Crippen LogP contribution >= 0.6 is 0 Å². The van der Waals surface area contributed by atoms with E-state index < -0.39 is 0 Å². The van der Waals surface area contributed by atoms with Crippen LogP contribution < -0.4 is 11.3 Å². The van der Waals surface area contributed by atoms with Gasteiger partial charge in [0.1, 0.15) is 0 Å². The molecule has 0 spiro atoms. The average molecular weight is 141 g/mol. The van der Waals surface area contributed by atoms with Gasteiger partial charge in [0.25, 0.3) is 5.56 Å². The van der Waals surface area contributed by atoms with E-state index in [2.05, 4.69) is 5.10 Å². The summed E-state index contributed by atoms with van der Waals surface area (Å²) in [7, 11) is 1.66. The van der Waals surface area contributed by atoms with E-state index in [4.69, 9.17) is 5.73 Å². The summed E-state index contributed by atoms with van der Waals surface area (Å²) in [5, 5.41) is 2.82. The van der Waals surface area contributed by atoms with Crippen molar-refractivity contribution in [3.8, 4) is 0 Å². The van der Waals surface area contributed by atoms with Crippen LogP contribution in [-0.4, -0.2) is 9.78 Å². The van der Waals surface area contributed by atoms with Crippen molar-refractivity contribution in [2.24, 2.45) is 12.8 Å². The highest BCUT2D eigenvalue weighted by atomic mass is 16.1. The fraction of sp³-hybridized carbons (Fsp3) is 0.500. The smallest absolute Gasteiger partial charge is 0.266 e. The van der Waals surface area contributed by atoms with E-state index in [1.54, 1.807) is 7.05 Å². The molecule has 4 nitrogen and oxygen atoms in total. The van der Waals surface area contributed by atoms with Crippen molar-refractivity contribution in [3.63, 3.8) is 0 Å². The molecule has 1 aromatic heterocycles. The number of nitrogens with two attached hydrogens (primary N) is 1. The molecule has 0 saturated heterocycles. The summed E-state index contributed by atoms with van der Waals surface area (Å²) in [6, 6.07) is 1.40. The quantitative estimate of drug-likeness (QED) is 0.565. The van der Waals surface area contributed by atoms with E-state index in [1.165, 1.54) is 10.7 Å². The lowest BCUT2D eigenvalue weighted by Crippen LogP contribution is -2.10. The van der Waals surface area contributed by atoms with Gasteiger partial charge in [0, 0.05) is 19.2 Å². The fourth-order valence-electron chi connectivity index (χ4n) is 0.744. The molecule has 0 aliphatic carbocycles. The minimum absolute atomic E-state index is 0.0488. The molecule has 0 bridgehead atoms. The topological polar surface area (TPSA) is 63.8 Å². The molecule has 0 aliphatic heterocycles. The minimum Gasteiger partial charge on any atom is -0.323 e. The maximum atomic E-state index is 10.8. The van der Waals surface area contributed by atoms with Gasteiger partial charge in [0.2, 0.25) is 0 Å². The summed E-state index contributed by atoms with van der Waals surface area (Å²) in [5.41, 5.74) is 6.23. The molecule has 0 aromatic carbocycles. The van der Waals surface area contributed by atoms with Crippen LogP contribution in [0.2, 0.25) is 0 Å². The van der Waals surface area contributed by atoms with Gasteiger partial charge in [-0.25, -0.2) is 0 Å². The molecule has 0 fully saturated rings. The summed E-state index contributed by atoms with van der Waals surface area (Å²) in [6.07, 6.45) is 0. The third kappa shape index (κ3) is 1.11. The largest absolute Gasteiger partial charge is 0.323 e. The second kappa shape index (κ2) is 2.30. The molecule has 0 amide bonds. The summed E-state index contributed by atoms with van der Waals surface area (Å²) < 4.78 is 1.40. The molecule has 10 heavy (non-hydrogen) atoms. The number of H-pyrrole nitrogens is 1. The maximum absolute atomic E-state index is 10.8. The van der Waals surface area contributed by atoms with E-state index in [-0.39, 0.29) is 11.6 Å². The molecule has 56 valence electrons. The Morgan fingerprint density at radius 3 is 2.60 bits per heavy atom. The van der Waals surface area contributed by atoms with Crippen LogP contribution in [0.15, 0.2) is 10.9 Å².